The third-order valence-electron chi connectivity index (χ3n) is 8.33. The van der Waals surface area contributed by atoms with Crippen molar-refractivity contribution in [2.45, 2.75) is 84.2 Å². The summed E-state index contributed by atoms with van der Waals surface area (Å²) in [7, 11) is 0. The number of hydrogen-bond donors (Lipinski definition) is 1. The Kier molecular flexibility index (Phi) is 3.05. The minimum Gasteiger partial charge on any atom is -0.393 e. The van der Waals surface area contributed by atoms with Gasteiger partial charge in [0.05, 0.1) is 6.10 Å². The summed E-state index contributed by atoms with van der Waals surface area (Å²) in [4.78, 5) is 0. The quantitative estimate of drug-likeness (QED) is 0.675. The highest BCUT2D eigenvalue weighted by molar-refractivity contribution is 5.07. The topological polar surface area (TPSA) is 20.2 Å². The molecule has 4 saturated carbocycles. The van der Waals surface area contributed by atoms with Crippen LogP contribution in [0.1, 0.15) is 78.1 Å². The fraction of sp³-hybridized carbons (Fsp3) is 1.00. The molecule has 0 heterocycles. The van der Waals surface area contributed by atoms with Crippen molar-refractivity contribution in [3.05, 3.63) is 0 Å². The zero-order valence-electron chi connectivity index (χ0n) is 13.4. The van der Waals surface area contributed by atoms with Crippen LogP contribution in [0.5, 0.6) is 0 Å². The summed E-state index contributed by atoms with van der Waals surface area (Å²) in [5, 5.41) is 10.2. The van der Waals surface area contributed by atoms with Gasteiger partial charge < -0.3 is 5.11 Å². The van der Waals surface area contributed by atoms with Gasteiger partial charge in [0.2, 0.25) is 0 Å². The maximum Gasteiger partial charge on any atom is 0.0548 e. The predicted molar refractivity (Wildman–Crippen MR) is 82.4 cm³/mol. The highest BCUT2D eigenvalue weighted by Gasteiger charge is 2.58. The van der Waals surface area contributed by atoms with Gasteiger partial charge in [0.25, 0.3) is 0 Å². The summed E-state index contributed by atoms with van der Waals surface area (Å²) >= 11 is 0. The smallest absolute Gasteiger partial charge is 0.0548 e. The van der Waals surface area contributed by atoms with Gasteiger partial charge in [0.15, 0.2) is 0 Å². The van der Waals surface area contributed by atoms with E-state index in [0.29, 0.717) is 10.8 Å². The van der Waals surface area contributed by atoms with Crippen molar-refractivity contribution in [3.63, 3.8) is 0 Å². The summed E-state index contributed by atoms with van der Waals surface area (Å²) in [5.41, 5.74) is 1.12. The average Bonchev–Trinajstić information content (AvgIpc) is 2.72. The maximum absolute atomic E-state index is 10.2. The Hall–Kier alpha value is -0.0400. The lowest BCUT2D eigenvalue weighted by Crippen LogP contribution is -2.51. The second-order valence-electron chi connectivity index (χ2n) is 9.19. The summed E-state index contributed by atoms with van der Waals surface area (Å²) in [5.74, 6) is 3.76. The first kappa shape index (κ1) is 13.6. The molecule has 4 rings (SSSR count). The van der Waals surface area contributed by atoms with E-state index in [9.17, 15) is 5.11 Å². The van der Waals surface area contributed by atoms with Crippen molar-refractivity contribution in [3.8, 4) is 0 Å². The monoisotopic (exact) mass is 276 g/mol. The maximum atomic E-state index is 10.2. The van der Waals surface area contributed by atoms with Crippen molar-refractivity contribution >= 4 is 0 Å². The number of fused-ring (bicyclic) bond motifs is 5. The molecule has 0 aromatic rings. The molecule has 7 atom stereocenters. The molecule has 1 nitrogen and oxygen atoms in total. The fourth-order valence-electron chi connectivity index (χ4n) is 7.32. The van der Waals surface area contributed by atoms with Crippen molar-refractivity contribution < 1.29 is 5.11 Å². The van der Waals surface area contributed by atoms with Crippen LogP contribution < -0.4 is 0 Å². The fourth-order valence-corrected chi connectivity index (χ4v) is 7.32. The molecule has 4 aliphatic carbocycles. The Morgan fingerprint density at radius 2 is 1.75 bits per heavy atom. The van der Waals surface area contributed by atoms with Crippen LogP contribution in [0.4, 0.5) is 0 Å². The Balaban J connectivity index is 1.64. The van der Waals surface area contributed by atoms with E-state index < -0.39 is 0 Å². The molecule has 0 aromatic heterocycles. The number of aliphatic hydroxyl groups is 1. The Morgan fingerprint density at radius 3 is 2.60 bits per heavy atom. The largest absolute Gasteiger partial charge is 0.393 e. The average molecular weight is 276 g/mol. The first-order chi connectivity index (χ1) is 9.53. The van der Waals surface area contributed by atoms with E-state index in [2.05, 4.69) is 13.8 Å². The molecule has 0 radical (unpaired) electrons. The van der Waals surface area contributed by atoms with Crippen molar-refractivity contribution in [2.75, 3.05) is 0 Å². The lowest BCUT2D eigenvalue weighted by Gasteiger charge is -2.60. The second-order valence-corrected chi connectivity index (χ2v) is 9.19. The molecule has 114 valence electrons. The minimum atomic E-state index is 0.000588. The molecule has 0 unspecified atom stereocenters. The van der Waals surface area contributed by atoms with Crippen LogP contribution in [0.15, 0.2) is 0 Å². The van der Waals surface area contributed by atoms with Crippen molar-refractivity contribution in [2.24, 2.45) is 34.5 Å². The lowest BCUT2D eigenvalue weighted by atomic mass is 9.45. The molecule has 1 N–H and O–H groups in total. The van der Waals surface area contributed by atoms with Gasteiger partial charge in [-0.05, 0) is 85.9 Å². The van der Waals surface area contributed by atoms with Crippen LogP contribution in [0.25, 0.3) is 0 Å². The van der Waals surface area contributed by atoms with Crippen molar-refractivity contribution in [1.82, 2.24) is 0 Å². The van der Waals surface area contributed by atoms with Crippen molar-refractivity contribution in [1.29, 1.82) is 0 Å². The minimum absolute atomic E-state index is 0.000588. The van der Waals surface area contributed by atoms with Gasteiger partial charge in [-0.15, -0.1) is 0 Å². The molecule has 0 amide bonds. The highest BCUT2D eigenvalue weighted by atomic mass is 16.3. The molecule has 0 aromatic carbocycles. The van der Waals surface area contributed by atoms with E-state index >= 15 is 0 Å². The van der Waals surface area contributed by atoms with Crippen LogP contribution >= 0.6 is 0 Å². The molecule has 4 fully saturated rings. The third kappa shape index (κ3) is 1.77. The zero-order valence-corrected chi connectivity index (χ0v) is 13.4. The van der Waals surface area contributed by atoms with Gasteiger partial charge in [-0.25, -0.2) is 0 Å². The Morgan fingerprint density at radius 1 is 0.900 bits per heavy atom. The van der Waals surface area contributed by atoms with E-state index in [1.165, 1.54) is 51.4 Å². The van der Waals surface area contributed by atoms with Crippen LogP contribution in [0.3, 0.4) is 0 Å². The second kappa shape index (κ2) is 4.48. The number of rotatable bonds is 0. The van der Waals surface area contributed by atoms with Crippen LogP contribution in [-0.4, -0.2) is 11.2 Å². The van der Waals surface area contributed by atoms with E-state index in [1.54, 1.807) is 0 Å². The molecular formula is C19H32O. The van der Waals surface area contributed by atoms with Gasteiger partial charge in [0, 0.05) is 0 Å². The molecular weight excluding hydrogens is 244 g/mol. The van der Waals surface area contributed by atoms with E-state index in [-0.39, 0.29) is 6.10 Å². The standard InChI is InChI=1S/C19H32O/c1-18-10-8-16-15(17(18)11-14(20)12-18)7-6-13-5-3-4-9-19(13,16)2/h13-17,20H,3-12H2,1-2H3/t13-,14+,15+,16-,17-,18-,19+/m1/s1. The van der Waals surface area contributed by atoms with E-state index in [0.717, 1.165) is 36.5 Å². The van der Waals surface area contributed by atoms with Gasteiger partial charge in [0.1, 0.15) is 0 Å². The van der Waals surface area contributed by atoms with E-state index in [1.807, 2.05) is 0 Å². The normalized spacial score (nSPS) is 58.6. The molecule has 0 bridgehead atoms. The third-order valence-corrected chi connectivity index (χ3v) is 8.33. The summed E-state index contributed by atoms with van der Waals surface area (Å²) in [6, 6.07) is 0. The first-order valence-corrected chi connectivity index (χ1v) is 9.21. The molecule has 20 heavy (non-hydrogen) atoms. The molecule has 0 aliphatic heterocycles. The van der Waals surface area contributed by atoms with Gasteiger partial charge in [-0.2, -0.15) is 0 Å². The number of aliphatic hydroxyl groups excluding tert-OH is 1. The van der Waals surface area contributed by atoms with Crippen LogP contribution in [0, 0.1) is 34.5 Å². The van der Waals surface area contributed by atoms with Crippen LogP contribution in [0.2, 0.25) is 0 Å². The van der Waals surface area contributed by atoms with Gasteiger partial charge in [-0.3, -0.25) is 0 Å². The molecule has 0 spiro atoms. The summed E-state index contributed by atoms with van der Waals surface area (Å²) in [6.45, 7) is 5.13. The zero-order chi connectivity index (χ0) is 14.0. The SMILES string of the molecule is C[C@]12CC[C@@H]3[C@H](CC[C@H]4CCCC[C@@]43C)[C@H]1C[C@H](O)C2. The highest BCUT2D eigenvalue weighted by Crippen LogP contribution is 2.66. The van der Waals surface area contributed by atoms with E-state index in [4.69, 9.17) is 0 Å². The summed E-state index contributed by atoms with van der Waals surface area (Å²) in [6.07, 6.45) is 13.9. The predicted octanol–water partition coefficient (Wildman–Crippen LogP) is 4.78. The molecule has 4 aliphatic rings. The summed E-state index contributed by atoms with van der Waals surface area (Å²) < 4.78 is 0. The molecule has 1 heteroatoms. The Labute approximate surface area is 124 Å². The first-order valence-electron chi connectivity index (χ1n) is 9.21. The number of hydrogen-bond acceptors (Lipinski definition) is 1. The van der Waals surface area contributed by atoms with Crippen LogP contribution in [-0.2, 0) is 0 Å². The Bertz CT molecular complexity index is 391. The lowest BCUT2D eigenvalue weighted by molar-refractivity contribution is -0.103. The van der Waals surface area contributed by atoms with Gasteiger partial charge in [-0.1, -0.05) is 26.7 Å². The molecule has 0 saturated heterocycles. The van der Waals surface area contributed by atoms with Gasteiger partial charge >= 0.3 is 0 Å².